The zero-order valence-corrected chi connectivity index (χ0v) is 19.1. The molecule has 2 aromatic carbocycles. The van der Waals surface area contributed by atoms with Crippen molar-refractivity contribution >= 4 is 28.3 Å². The van der Waals surface area contributed by atoms with E-state index in [-0.39, 0.29) is 11.3 Å². The zero-order chi connectivity index (χ0) is 21.6. The number of benzene rings is 2. The minimum atomic E-state index is -0.0827. The molecular weight excluding hydrogens is 404 g/mol. The van der Waals surface area contributed by atoms with E-state index in [4.69, 9.17) is 11.6 Å². The number of hydrogen-bond acceptors (Lipinski definition) is 2. The monoisotopic (exact) mass is 432 g/mol. The van der Waals surface area contributed by atoms with E-state index in [2.05, 4.69) is 54.1 Å². The molecule has 0 radical (unpaired) electrons. The average molecular weight is 433 g/mol. The molecule has 1 aliphatic heterocycles. The summed E-state index contributed by atoms with van der Waals surface area (Å²) in [6.45, 7) is 5.39. The molecule has 0 N–H and O–H groups in total. The van der Waals surface area contributed by atoms with Crippen LogP contribution in [0.4, 0.5) is 0 Å². The number of carbonyl (C=O) groups excluding carboxylic acids is 1. The third-order valence-corrected chi connectivity index (χ3v) is 7.29. The number of amides is 1. The van der Waals surface area contributed by atoms with Crippen molar-refractivity contribution in [1.82, 2.24) is 9.88 Å². The summed E-state index contributed by atoms with van der Waals surface area (Å²) in [7, 11) is 0. The number of pyridine rings is 1. The predicted molar refractivity (Wildman–Crippen MR) is 127 cm³/mol. The lowest BCUT2D eigenvalue weighted by atomic mass is 9.73. The Morgan fingerprint density at radius 2 is 1.81 bits per heavy atom. The van der Waals surface area contributed by atoms with Crippen molar-refractivity contribution in [2.45, 2.75) is 63.8 Å². The maximum absolute atomic E-state index is 13.8. The van der Waals surface area contributed by atoms with Gasteiger partial charge < -0.3 is 4.90 Å². The van der Waals surface area contributed by atoms with Gasteiger partial charge in [0.1, 0.15) is 5.15 Å². The summed E-state index contributed by atoms with van der Waals surface area (Å²) in [4.78, 5) is 20.2. The van der Waals surface area contributed by atoms with Gasteiger partial charge in [-0.2, -0.15) is 0 Å². The molecule has 4 heteroatoms. The quantitative estimate of drug-likeness (QED) is 0.440. The average Bonchev–Trinajstić information content (AvgIpc) is 2.78. The van der Waals surface area contributed by atoms with Crippen LogP contribution in [-0.4, -0.2) is 28.4 Å². The molecule has 1 amide bonds. The van der Waals surface area contributed by atoms with Gasteiger partial charge in [0, 0.05) is 29.8 Å². The highest BCUT2D eigenvalue weighted by Gasteiger charge is 2.41. The van der Waals surface area contributed by atoms with Crippen LogP contribution >= 0.6 is 11.6 Å². The summed E-state index contributed by atoms with van der Waals surface area (Å²) < 4.78 is 0. The fourth-order valence-corrected chi connectivity index (χ4v) is 5.76. The van der Waals surface area contributed by atoms with Gasteiger partial charge in [-0.3, -0.25) is 4.79 Å². The minimum Gasteiger partial charge on any atom is -0.335 e. The van der Waals surface area contributed by atoms with E-state index < -0.39 is 0 Å². The molecule has 0 spiro atoms. The first-order valence-electron chi connectivity index (χ1n) is 11.4. The first-order valence-corrected chi connectivity index (χ1v) is 11.8. The van der Waals surface area contributed by atoms with Crippen molar-refractivity contribution in [3.8, 4) is 0 Å². The normalized spacial score (nSPS) is 18.9. The van der Waals surface area contributed by atoms with Crippen LogP contribution in [0.2, 0.25) is 5.15 Å². The van der Waals surface area contributed by atoms with Crippen molar-refractivity contribution < 1.29 is 4.79 Å². The van der Waals surface area contributed by atoms with E-state index in [9.17, 15) is 4.79 Å². The number of aromatic nitrogens is 1. The third kappa shape index (κ3) is 3.74. The van der Waals surface area contributed by atoms with Gasteiger partial charge in [-0.25, -0.2) is 4.98 Å². The maximum Gasteiger partial charge on any atom is 0.254 e. The van der Waals surface area contributed by atoms with Gasteiger partial charge in [0.2, 0.25) is 0 Å². The number of hydrogen-bond donors (Lipinski definition) is 0. The van der Waals surface area contributed by atoms with E-state index in [1.165, 1.54) is 41.2 Å². The Labute approximate surface area is 189 Å². The molecule has 31 heavy (non-hydrogen) atoms. The zero-order valence-electron chi connectivity index (χ0n) is 18.3. The van der Waals surface area contributed by atoms with E-state index in [0.29, 0.717) is 11.2 Å². The Morgan fingerprint density at radius 1 is 1.06 bits per heavy atom. The van der Waals surface area contributed by atoms with Crippen molar-refractivity contribution in [2.24, 2.45) is 0 Å². The Balaban J connectivity index is 1.64. The van der Waals surface area contributed by atoms with Gasteiger partial charge in [0.15, 0.2) is 0 Å². The van der Waals surface area contributed by atoms with Gasteiger partial charge >= 0.3 is 0 Å². The summed E-state index contributed by atoms with van der Waals surface area (Å²) in [5, 5.41) is 2.93. The van der Waals surface area contributed by atoms with Crippen LogP contribution < -0.4 is 0 Å². The van der Waals surface area contributed by atoms with Crippen molar-refractivity contribution in [3.63, 3.8) is 0 Å². The molecule has 160 valence electrons. The van der Waals surface area contributed by atoms with Gasteiger partial charge in [0.05, 0.1) is 0 Å². The highest BCUT2D eigenvalue weighted by molar-refractivity contribution is 6.29. The van der Waals surface area contributed by atoms with Gasteiger partial charge in [-0.1, -0.05) is 75.0 Å². The summed E-state index contributed by atoms with van der Waals surface area (Å²) in [5.74, 6) is 0.211. The summed E-state index contributed by atoms with van der Waals surface area (Å²) in [5.41, 5.74) is 4.28. The number of halogens is 1. The summed E-state index contributed by atoms with van der Waals surface area (Å²) in [6, 6.07) is 14.9. The first kappa shape index (κ1) is 20.5. The largest absolute Gasteiger partial charge is 0.335 e. The van der Waals surface area contributed by atoms with E-state index >= 15 is 0 Å². The molecule has 0 saturated heterocycles. The number of rotatable bonds is 3. The number of fused-ring (bicyclic) bond motifs is 3. The lowest BCUT2D eigenvalue weighted by molar-refractivity contribution is 0.0544. The van der Waals surface area contributed by atoms with Crippen molar-refractivity contribution in [3.05, 3.63) is 76.1 Å². The standard InChI is InChI=1S/C27H29ClN2O/c1-27(2)17-30(20-8-4-3-5-9-20)26(31)23-15-19(14-18-12-13-24(28)29-16-18)21-10-6-7-11-22(21)25(23)27/h6-7,10-13,15-16,20H,3-5,8-9,14,17H2,1-2H3. The topological polar surface area (TPSA) is 33.2 Å². The molecule has 1 aliphatic carbocycles. The van der Waals surface area contributed by atoms with Gasteiger partial charge in [0.25, 0.3) is 5.91 Å². The first-order chi connectivity index (χ1) is 14.9. The van der Waals surface area contributed by atoms with Crippen LogP contribution in [0.1, 0.15) is 73.0 Å². The maximum atomic E-state index is 13.8. The SMILES string of the molecule is CC1(C)CN(C2CCCCC2)C(=O)c2cc(Cc3ccc(Cl)nc3)c3ccccc3c21. The van der Waals surface area contributed by atoms with Crippen LogP contribution in [0.15, 0.2) is 48.7 Å². The van der Waals surface area contributed by atoms with Crippen molar-refractivity contribution in [1.29, 1.82) is 0 Å². The Kier molecular flexibility index (Phi) is 5.26. The molecular formula is C27H29ClN2O. The van der Waals surface area contributed by atoms with Crippen LogP contribution in [0.3, 0.4) is 0 Å². The fourth-order valence-electron chi connectivity index (χ4n) is 5.64. The van der Waals surface area contributed by atoms with Crippen LogP contribution in [-0.2, 0) is 11.8 Å². The molecule has 3 aromatic rings. The van der Waals surface area contributed by atoms with Crippen LogP contribution in [0, 0.1) is 0 Å². The Hall–Kier alpha value is -2.39. The second-order valence-corrected chi connectivity index (χ2v) is 10.2. The second kappa shape index (κ2) is 7.94. The van der Waals surface area contributed by atoms with Crippen LogP contribution in [0.5, 0.6) is 0 Å². The Morgan fingerprint density at radius 3 is 2.52 bits per heavy atom. The summed E-state index contributed by atoms with van der Waals surface area (Å²) in [6.07, 6.45) is 8.58. The number of carbonyl (C=O) groups is 1. The minimum absolute atomic E-state index is 0.0827. The molecule has 2 aliphatic rings. The molecule has 0 unspecified atom stereocenters. The lowest BCUT2D eigenvalue weighted by Gasteiger charge is -2.45. The number of nitrogens with zero attached hydrogens (tertiary/aromatic N) is 2. The molecule has 3 nitrogen and oxygen atoms in total. The molecule has 5 rings (SSSR count). The molecule has 1 aromatic heterocycles. The van der Waals surface area contributed by atoms with Gasteiger partial charge in [-0.15, -0.1) is 0 Å². The Bertz CT molecular complexity index is 1130. The van der Waals surface area contributed by atoms with Crippen molar-refractivity contribution in [2.75, 3.05) is 6.54 Å². The lowest BCUT2D eigenvalue weighted by Crippen LogP contribution is -2.52. The summed E-state index contributed by atoms with van der Waals surface area (Å²) >= 11 is 5.98. The molecule has 1 saturated carbocycles. The van der Waals surface area contributed by atoms with Gasteiger partial charge in [-0.05, 0) is 58.9 Å². The molecule has 1 fully saturated rings. The molecule has 0 bridgehead atoms. The third-order valence-electron chi connectivity index (χ3n) is 7.06. The molecule has 0 atom stereocenters. The molecule has 2 heterocycles. The predicted octanol–water partition coefficient (Wildman–Crippen LogP) is 6.55. The van der Waals surface area contributed by atoms with E-state index in [1.807, 2.05) is 18.3 Å². The van der Waals surface area contributed by atoms with E-state index in [0.717, 1.165) is 36.9 Å². The fraction of sp³-hybridized carbons (Fsp3) is 0.407. The smallest absolute Gasteiger partial charge is 0.254 e. The van der Waals surface area contributed by atoms with Crippen LogP contribution in [0.25, 0.3) is 10.8 Å². The highest BCUT2D eigenvalue weighted by Crippen LogP contribution is 2.42. The van der Waals surface area contributed by atoms with E-state index in [1.54, 1.807) is 0 Å². The highest BCUT2D eigenvalue weighted by atomic mass is 35.5. The second-order valence-electron chi connectivity index (χ2n) is 9.78.